The number of likely N-dealkylation sites (N-methyl/N-ethyl adjacent to an activating group) is 1. The molecule has 2 aliphatic heterocycles. The first-order valence-corrected chi connectivity index (χ1v) is 16.5. The molecule has 2 heterocycles. The van der Waals surface area contributed by atoms with Crippen molar-refractivity contribution in [1.82, 2.24) is 4.90 Å². The first-order valence-electron chi connectivity index (χ1n) is 16.5. The molecule has 13 heteroatoms. The Kier molecular flexibility index (Phi) is 9.68. The summed E-state index contributed by atoms with van der Waals surface area (Å²) in [5, 5.41) is 12.5. The molecule has 262 valence electrons. The third kappa shape index (κ3) is 6.29. The highest BCUT2D eigenvalue weighted by molar-refractivity contribution is 5.94. The maximum absolute atomic E-state index is 13.4. The first-order chi connectivity index (χ1) is 22.5. The van der Waals surface area contributed by atoms with E-state index in [0.29, 0.717) is 31.6 Å². The Balaban J connectivity index is 1.39. The Bertz CT molecular complexity index is 1530. The molecule has 1 fully saturated rings. The number of benzene rings is 1. The van der Waals surface area contributed by atoms with Crippen LogP contribution in [-0.2, 0) is 54.7 Å². The summed E-state index contributed by atoms with van der Waals surface area (Å²) in [6.45, 7) is 10.4. The highest BCUT2D eigenvalue weighted by Crippen LogP contribution is 2.64. The second-order valence-corrected chi connectivity index (χ2v) is 14.0. The van der Waals surface area contributed by atoms with Gasteiger partial charge in [-0.3, -0.25) is 9.59 Å². The maximum atomic E-state index is 13.4. The van der Waals surface area contributed by atoms with Crippen molar-refractivity contribution in [2.24, 2.45) is 0 Å². The maximum Gasteiger partial charge on any atom is 0.352 e. The van der Waals surface area contributed by atoms with E-state index >= 15 is 0 Å². The average Bonchev–Trinajstić information content (AvgIpc) is 3.34. The largest absolute Gasteiger partial charge is 0.480 e. The highest BCUT2D eigenvalue weighted by Gasteiger charge is 2.72. The Morgan fingerprint density at radius 1 is 1.12 bits per heavy atom. The van der Waals surface area contributed by atoms with E-state index in [4.69, 9.17) is 28.4 Å². The van der Waals surface area contributed by atoms with Crippen molar-refractivity contribution in [2.45, 2.75) is 121 Å². The quantitative estimate of drug-likeness (QED) is 0.208. The van der Waals surface area contributed by atoms with Crippen LogP contribution < -0.4 is 4.74 Å². The lowest BCUT2D eigenvalue weighted by molar-refractivity contribution is -0.181. The number of hydrogen-bond acceptors (Lipinski definition) is 13. The number of hydrogen-bond donors (Lipinski definition) is 1. The minimum absolute atomic E-state index is 0.117. The Morgan fingerprint density at radius 2 is 1.85 bits per heavy atom. The van der Waals surface area contributed by atoms with Gasteiger partial charge in [0.05, 0.1) is 24.0 Å². The van der Waals surface area contributed by atoms with Crippen molar-refractivity contribution in [3.05, 3.63) is 40.7 Å². The van der Waals surface area contributed by atoms with Gasteiger partial charge in [-0.2, -0.15) is 0 Å². The van der Waals surface area contributed by atoms with E-state index in [2.05, 4.69) is 4.90 Å². The number of aliphatic hydroxyl groups is 1. The summed E-state index contributed by atoms with van der Waals surface area (Å²) in [4.78, 5) is 65.7. The summed E-state index contributed by atoms with van der Waals surface area (Å²) in [5.41, 5.74) is -1.23. The van der Waals surface area contributed by atoms with Crippen molar-refractivity contribution >= 4 is 29.8 Å². The molecule has 48 heavy (non-hydrogen) atoms. The molecule has 0 radical (unpaired) electrons. The molecule has 1 aromatic rings. The van der Waals surface area contributed by atoms with E-state index in [0.717, 1.165) is 24.5 Å². The van der Waals surface area contributed by atoms with Crippen LogP contribution in [0.15, 0.2) is 24.0 Å². The van der Waals surface area contributed by atoms with Gasteiger partial charge in [-0.05, 0) is 78.3 Å². The van der Waals surface area contributed by atoms with E-state index in [1.165, 1.54) is 6.92 Å². The third-order valence-corrected chi connectivity index (χ3v) is 9.52. The van der Waals surface area contributed by atoms with Crippen LogP contribution in [0.4, 0.5) is 0 Å². The van der Waals surface area contributed by atoms with E-state index in [9.17, 15) is 29.1 Å². The summed E-state index contributed by atoms with van der Waals surface area (Å²) < 4.78 is 33.4. The molecule has 0 saturated carbocycles. The summed E-state index contributed by atoms with van der Waals surface area (Å²) in [7, 11) is 1.96. The van der Waals surface area contributed by atoms with Crippen LogP contribution in [0.5, 0.6) is 5.75 Å². The number of unbranched alkanes of at least 4 members (excludes halogenated alkanes) is 1. The lowest BCUT2D eigenvalue weighted by Gasteiger charge is -2.61. The van der Waals surface area contributed by atoms with Gasteiger partial charge in [-0.25, -0.2) is 14.4 Å². The number of piperidine rings is 1. The number of ether oxygens (including phenoxy) is 6. The van der Waals surface area contributed by atoms with Gasteiger partial charge in [0.1, 0.15) is 22.7 Å². The van der Waals surface area contributed by atoms with Crippen LogP contribution in [0.2, 0.25) is 0 Å². The smallest absolute Gasteiger partial charge is 0.352 e. The highest BCUT2D eigenvalue weighted by atomic mass is 16.6. The Hall–Kier alpha value is -3.97. The van der Waals surface area contributed by atoms with Crippen LogP contribution >= 0.6 is 0 Å². The molecular formula is C35H45NO12. The van der Waals surface area contributed by atoms with Crippen LogP contribution in [0, 0.1) is 0 Å². The van der Waals surface area contributed by atoms with Crippen molar-refractivity contribution in [3.63, 3.8) is 0 Å². The van der Waals surface area contributed by atoms with Gasteiger partial charge in [-0.1, -0.05) is 19.4 Å². The number of carbonyl (C=O) groups is 5. The molecule has 0 amide bonds. The van der Waals surface area contributed by atoms with Gasteiger partial charge in [0.2, 0.25) is 6.10 Å². The predicted octanol–water partition coefficient (Wildman–Crippen LogP) is 3.06. The molecule has 1 N–H and O–H groups in total. The van der Waals surface area contributed by atoms with Gasteiger partial charge in [-0.15, -0.1) is 0 Å². The van der Waals surface area contributed by atoms with Gasteiger partial charge < -0.3 is 38.4 Å². The molecule has 13 nitrogen and oxygen atoms in total. The predicted molar refractivity (Wildman–Crippen MR) is 168 cm³/mol. The van der Waals surface area contributed by atoms with Crippen molar-refractivity contribution in [2.75, 3.05) is 20.2 Å². The fraction of sp³-hybridized carbons (Fsp3) is 0.629. The zero-order chi connectivity index (χ0) is 35.2. The summed E-state index contributed by atoms with van der Waals surface area (Å²) in [6, 6.07) is 3.29. The molecule has 5 rings (SSSR count). The van der Waals surface area contributed by atoms with Gasteiger partial charge in [0.15, 0.2) is 12.2 Å². The summed E-state index contributed by atoms with van der Waals surface area (Å²) in [5.74, 6) is -3.80. The van der Waals surface area contributed by atoms with Crippen LogP contribution in [-0.4, -0.2) is 95.6 Å². The van der Waals surface area contributed by atoms with Gasteiger partial charge >= 0.3 is 29.8 Å². The summed E-state index contributed by atoms with van der Waals surface area (Å²) >= 11 is 0. The van der Waals surface area contributed by atoms with Crippen molar-refractivity contribution in [1.29, 1.82) is 0 Å². The number of esters is 5. The lowest BCUT2D eigenvalue weighted by Crippen LogP contribution is -2.74. The number of likely N-dealkylation sites (tertiary alicyclic amines) is 1. The SMILES string of the molecule is CCCCOC(=O)C[C@H](OC(C)=O)C(=O)O[C@@H](C)C(=O)OC1=CC[C@@]2(O)C3Cc4ccc(C(=O)OC(C)(C)C)c5c4[C@@]2(CCN3C)[C@H]1O5. The number of carbonyl (C=O) groups excluding carboxylic acids is 5. The van der Waals surface area contributed by atoms with Gasteiger partial charge in [0.25, 0.3) is 0 Å². The average molecular weight is 672 g/mol. The fourth-order valence-corrected chi connectivity index (χ4v) is 7.36. The monoisotopic (exact) mass is 671 g/mol. The second kappa shape index (κ2) is 13.1. The zero-order valence-electron chi connectivity index (χ0n) is 28.6. The molecular weight excluding hydrogens is 626 g/mol. The molecule has 6 atom stereocenters. The third-order valence-electron chi connectivity index (χ3n) is 9.52. The van der Waals surface area contributed by atoms with E-state index in [-0.39, 0.29) is 30.4 Å². The molecule has 1 aromatic carbocycles. The van der Waals surface area contributed by atoms with Crippen LogP contribution in [0.25, 0.3) is 0 Å². The van der Waals surface area contributed by atoms with Crippen LogP contribution in [0.3, 0.4) is 0 Å². The fourth-order valence-electron chi connectivity index (χ4n) is 7.36. The van der Waals surface area contributed by atoms with E-state index in [1.807, 2.05) is 20.0 Å². The molecule has 2 bridgehead atoms. The number of rotatable bonds is 11. The first kappa shape index (κ1) is 35.3. The molecule has 1 saturated heterocycles. The van der Waals surface area contributed by atoms with Crippen molar-refractivity contribution < 1.29 is 57.5 Å². The molecule has 4 aliphatic rings. The Labute approximate surface area is 279 Å². The van der Waals surface area contributed by atoms with Crippen molar-refractivity contribution in [3.8, 4) is 5.75 Å². The van der Waals surface area contributed by atoms with Gasteiger partial charge in [0, 0.05) is 24.9 Å². The zero-order valence-corrected chi connectivity index (χ0v) is 28.6. The van der Waals surface area contributed by atoms with E-state index in [1.54, 1.807) is 32.9 Å². The van der Waals surface area contributed by atoms with Crippen LogP contribution in [0.1, 0.15) is 95.1 Å². The molecule has 0 aromatic heterocycles. The molecule has 1 unspecified atom stereocenters. The lowest BCUT2D eigenvalue weighted by atomic mass is 9.50. The molecule has 2 aliphatic carbocycles. The second-order valence-electron chi connectivity index (χ2n) is 14.0. The minimum atomic E-state index is -1.62. The standard InChI is InChI=1S/C35H45NO12/c1-8-9-16-43-26(38)18-24(45-20(3)37)32(41)44-19(2)30(39)46-23-12-13-35(42)25-17-21-10-11-22(31(40)48-33(4,5)6)28-27(21)34(35,29(23)47-28)14-15-36(25)7/h10-12,19,24-25,29,42H,8-9,13-18H2,1-7H3/t19-,24-,25?,29-,34-,35+/m0/s1. The summed E-state index contributed by atoms with van der Waals surface area (Å²) in [6.07, 6.45) is -0.480. The normalized spacial score (nSPS) is 26.5. The molecule has 1 spiro atoms. The number of nitrogens with zero attached hydrogens (tertiary/aromatic N) is 1. The minimum Gasteiger partial charge on any atom is -0.480 e. The Morgan fingerprint density at radius 3 is 2.52 bits per heavy atom. The topological polar surface area (TPSA) is 164 Å². The van der Waals surface area contributed by atoms with E-state index < -0.39 is 71.2 Å².